The Kier molecular flexibility index (Phi) is 7.85. The Morgan fingerprint density at radius 1 is 1.14 bits per heavy atom. The second-order valence-electron chi connectivity index (χ2n) is 11.2. The number of amides is 2. The van der Waals surface area contributed by atoms with Gasteiger partial charge in [-0.15, -0.1) is 0 Å². The van der Waals surface area contributed by atoms with Gasteiger partial charge < -0.3 is 29.5 Å². The zero-order valence-electron chi connectivity index (χ0n) is 22.6. The summed E-state index contributed by atoms with van der Waals surface area (Å²) >= 11 is 0. The van der Waals surface area contributed by atoms with Crippen molar-refractivity contribution >= 4 is 28.9 Å². The second kappa shape index (κ2) is 10.4. The van der Waals surface area contributed by atoms with E-state index in [4.69, 9.17) is 14.2 Å². The topological polar surface area (TPSA) is 140 Å². The van der Waals surface area contributed by atoms with Crippen molar-refractivity contribution in [3.05, 3.63) is 24.0 Å². The first-order valence-electron chi connectivity index (χ1n) is 12.1. The highest BCUT2D eigenvalue weighted by atomic mass is 16.6. The average molecular weight is 517 g/mol. The van der Waals surface area contributed by atoms with Gasteiger partial charge in [-0.3, -0.25) is 4.79 Å². The molecule has 1 aromatic carbocycles. The van der Waals surface area contributed by atoms with E-state index < -0.39 is 47.2 Å². The summed E-state index contributed by atoms with van der Waals surface area (Å²) < 4.78 is 16.8. The zero-order valence-corrected chi connectivity index (χ0v) is 22.6. The molecular weight excluding hydrogens is 480 g/mol. The van der Waals surface area contributed by atoms with Crippen LogP contribution >= 0.6 is 0 Å². The molecule has 11 nitrogen and oxygen atoms in total. The number of benzene rings is 1. The number of carbonyl (C=O) groups excluding carboxylic acids is 2. The van der Waals surface area contributed by atoms with Crippen LogP contribution in [-0.4, -0.2) is 75.4 Å². The number of ether oxygens (including phenoxy) is 3. The minimum absolute atomic E-state index is 0.00684. The van der Waals surface area contributed by atoms with Crippen LogP contribution < -0.4 is 14.8 Å². The van der Waals surface area contributed by atoms with Crippen LogP contribution in [0.25, 0.3) is 10.9 Å². The molecule has 0 bridgehead atoms. The van der Waals surface area contributed by atoms with Crippen LogP contribution in [0.5, 0.6) is 11.6 Å². The molecule has 2 aromatic rings. The van der Waals surface area contributed by atoms with Crippen LogP contribution in [0.1, 0.15) is 53.8 Å². The third-order valence-electron chi connectivity index (χ3n) is 5.86. The molecule has 1 aliphatic rings. The second-order valence-corrected chi connectivity index (χ2v) is 11.2. The smallest absolute Gasteiger partial charge is 0.408 e. The monoisotopic (exact) mass is 516 g/mol. The van der Waals surface area contributed by atoms with Gasteiger partial charge >= 0.3 is 12.1 Å². The van der Waals surface area contributed by atoms with Crippen molar-refractivity contribution < 1.29 is 33.7 Å². The lowest BCUT2D eigenvalue weighted by atomic mass is 9.85. The Balaban J connectivity index is 1.88. The van der Waals surface area contributed by atoms with Crippen LogP contribution in [-0.2, 0) is 14.3 Å². The van der Waals surface area contributed by atoms with Crippen LogP contribution in [0, 0.1) is 12.3 Å². The summed E-state index contributed by atoms with van der Waals surface area (Å²) in [6, 6.07) is 3.16. The van der Waals surface area contributed by atoms with Gasteiger partial charge in [-0.05, 0) is 51.3 Å². The number of aromatic nitrogens is 2. The number of aryl methyl sites for hydroxylation is 1. The third kappa shape index (κ3) is 6.78. The van der Waals surface area contributed by atoms with Crippen molar-refractivity contribution in [2.75, 3.05) is 13.7 Å². The number of carboxylic acid groups (broad SMARTS) is 1. The summed E-state index contributed by atoms with van der Waals surface area (Å²) in [6.07, 6.45) is -1.34. The lowest BCUT2D eigenvalue weighted by molar-refractivity contribution is -0.150. The maximum absolute atomic E-state index is 13.7. The number of nitrogens with zero attached hydrogens (tertiary/aromatic N) is 3. The number of nitrogens with one attached hydrogen (secondary N) is 1. The number of rotatable bonds is 6. The first-order valence-corrected chi connectivity index (χ1v) is 12.1. The summed E-state index contributed by atoms with van der Waals surface area (Å²) in [6.45, 7) is 12.3. The summed E-state index contributed by atoms with van der Waals surface area (Å²) in [5.74, 6) is -0.318. The van der Waals surface area contributed by atoms with Crippen molar-refractivity contribution in [2.45, 2.75) is 78.7 Å². The molecule has 2 amide bonds. The van der Waals surface area contributed by atoms with Gasteiger partial charge in [-0.1, -0.05) is 20.8 Å². The molecular formula is C26H36N4O7. The lowest BCUT2D eigenvalue weighted by Gasteiger charge is -2.35. The molecule has 2 N–H and O–H groups in total. The molecule has 0 spiro atoms. The lowest BCUT2D eigenvalue weighted by Crippen LogP contribution is -2.57. The van der Waals surface area contributed by atoms with Crippen molar-refractivity contribution in [1.29, 1.82) is 0 Å². The Hall–Kier alpha value is -3.63. The summed E-state index contributed by atoms with van der Waals surface area (Å²) in [5.41, 5.74) is -0.822. The minimum Gasteiger partial charge on any atom is -0.497 e. The zero-order chi connectivity index (χ0) is 27.7. The highest BCUT2D eigenvalue weighted by molar-refractivity contribution is 5.90. The van der Waals surface area contributed by atoms with Gasteiger partial charge in [-0.25, -0.2) is 14.6 Å². The number of hydrogen-bond donors (Lipinski definition) is 2. The van der Waals surface area contributed by atoms with Gasteiger partial charge in [0.25, 0.3) is 0 Å². The van der Waals surface area contributed by atoms with E-state index in [1.54, 1.807) is 73.8 Å². The maximum atomic E-state index is 13.7. The Morgan fingerprint density at radius 2 is 1.81 bits per heavy atom. The van der Waals surface area contributed by atoms with Crippen LogP contribution in [0.2, 0.25) is 0 Å². The van der Waals surface area contributed by atoms with Crippen LogP contribution in [0.15, 0.2) is 18.2 Å². The first-order chi connectivity index (χ1) is 17.1. The predicted molar refractivity (Wildman–Crippen MR) is 136 cm³/mol. The standard InChI is InChI=1S/C26H36N4O7/c1-14-27-18-10-9-15(35-8)11-17(18)21(28-14)36-16-12-19(23(32)33)30(13-16)22(31)20(25(2,3)4)29-24(34)37-26(5,6)7/h9-11,16,19-20H,12-13H2,1-8H3,(H,29,34)(H,32,33)/t16?,19?,20-/m1/s1. The molecule has 202 valence electrons. The normalized spacial score (nSPS) is 18.9. The van der Waals surface area contributed by atoms with Gasteiger partial charge in [0, 0.05) is 6.42 Å². The number of carbonyl (C=O) groups is 3. The number of likely N-dealkylation sites (tertiary alicyclic amines) is 1. The molecule has 1 saturated heterocycles. The number of methoxy groups -OCH3 is 1. The Bertz CT molecular complexity index is 1190. The maximum Gasteiger partial charge on any atom is 0.408 e. The van der Waals surface area contributed by atoms with E-state index in [0.29, 0.717) is 22.5 Å². The molecule has 3 rings (SSSR count). The Labute approximate surface area is 216 Å². The van der Waals surface area contributed by atoms with Crippen molar-refractivity contribution in [3.8, 4) is 11.6 Å². The first kappa shape index (κ1) is 27.9. The van der Waals surface area contributed by atoms with Gasteiger partial charge in [0.15, 0.2) is 0 Å². The number of alkyl carbamates (subject to hydrolysis) is 1. The molecule has 0 radical (unpaired) electrons. The minimum atomic E-state index is -1.16. The van der Waals surface area contributed by atoms with E-state index in [1.807, 2.05) is 0 Å². The molecule has 0 saturated carbocycles. The third-order valence-corrected chi connectivity index (χ3v) is 5.86. The van der Waals surface area contributed by atoms with E-state index >= 15 is 0 Å². The molecule has 0 aliphatic carbocycles. The Morgan fingerprint density at radius 3 is 2.38 bits per heavy atom. The van der Waals surface area contributed by atoms with Crippen LogP contribution in [0.4, 0.5) is 4.79 Å². The fourth-order valence-corrected chi connectivity index (χ4v) is 4.17. The van der Waals surface area contributed by atoms with E-state index in [1.165, 1.54) is 4.90 Å². The van der Waals surface area contributed by atoms with Crippen molar-refractivity contribution in [3.63, 3.8) is 0 Å². The summed E-state index contributed by atoms with van der Waals surface area (Å²) in [4.78, 5) is 48.4. The fraction of sp³-hybridized carbons (Fsp3) is 0.577. The molecule has 2 unspecified atom stereocenters. The van der Waals surface area contributed by atoms with E-state index in [2.05, 4.69) is 15.3 Å². The number of carboxylic acids is 1. The highest BCUT2D eigenvalue weighted by Crippen LogP contribution is 2.31. The molecule has 1 aromatic heterocycles. The molecule has 37 heavy (non-hydrogen) atoms. The number of fused-ring (bicyclic) bond motifs is 1. The van der Waals surface area contributed by atoms with Gasteiger partial charge in [0.2, 0.25) is 11.8 Å². The van der Waals surface area contributed by atoms with E-state index in [0.717, 1.165) is 0 Å². The molecule has 1 aliphatic heterocycles. The molecule has 11 heteroatoms. The van der Waals surface area contributed by atoms with Crippen molar-refractivity contribution in [2.24, 2.45) is 5.41 Å². The average Bonchev–Trinajstić information content (AvgIpc) is 3.19. The SMILES string of the molecule is COc1ccc2nc(C)nc(OC3CC(C(=O)O)N(C(=O)[C@@H](NC(=O)OC(C)(C)C)C(C)(C)C)C3)c2c1. The number of aliphatic carboxylic acids is 1. The van der Waals surface area contributed by atoms with E-state index in [-0.39, 0.29) is 18.8 Å². The quantitative estimate of drug-likeness (QED) is 0.591. The van der Waals surface area contributed by atoms with Gasteiger partial charge in [0.1, 0.15) is 35.4 Å². The number of hydrogen-bond acceptors (Lipinski definition) is 8. The largest absolute Gasteiger partial charge is 0.497 e. The molecule has 2 heterocycles. The van der Waals surface area contributed by atoms with Crippen molar-refractivity contribution in [1.82, 2.24) is 20.2 Å². The predicted octanol–water partition coefficient (Wildman–Crippen LogP) is 3.32. The summed E-state index contributed by atoms with van der Waals surface area (Å²) in [7, 11) is 1.55. The fourth-order valence-electron chi connectivity index (χ4n) is 4.17. The van der Waals surface area contributed by atoms with Gasteiger partial charge in [-0.2, -0.15) is 4.98 Å². The van der Waals surface area contributed by atoms with E-state index in [9.17, 15) is 19.5 Å². The molecule has 3 atom stereocenters. The van der Waals surface area contributed by atoms with Crippen LogP contribution in [0.3, 0.4) is 0 Å². The van der Waals surface area contributed by atoms with Gasteiger partial charge in [0.05, 0.1) is 24.6 Å². The molecule has 1 fully saturated rings. The summed E-state index contributed by atoms with van der Waals surface area (Å²) in [5, 5.41) is 13.2. The highest BCUT2D eigenvalue weighted by Gasteiger charge is 2.46.